The van der Waals surface area contributed by atoms with Crippen molar-refractivity contribution in [1.29, 1.82) is 0 Å². The lowest BCUT2D eigenvalue weighted by Crippen LogP contribution is -2.18. The molecule has 0 bridgehead atoms. The molecule has 6 aromatic rings. The Kier molecular flexibility index (Phi) is 5.11. The average molecular weight is 496 g/mol. The van der Waals surface area contributed by atoms with Crippen molar-refractivity contribution >= 4 is 33.3 Å². The van der Waals surface area contributed by atoms with Gasteiger partial charge in [0.25, 0.3) is 0 Å². The maximum absolute atomic E-state index is 16.0. The van der Waals surface area contributed by atoms with Gasteiger partial charge in [0.15, 0.2) is 11.6 Å². The van der Waals surface area contributed by atoms with E-state index in [9.17, 15) is 0 Å². The first-order valence-corrected chi connectivity index (χ1v) is 12.9. The third-order valence-corrected chi connectivity index (χ3v) is 7.47. The molecule has 0 radical (unpaired) electrons. The molecule has 9 heteroatoms. The summed E-state index contributed by atoms with van der Waals surface area (Å²) in [7, 11) is 0. The minimum Gasteiger partial charge on any atom is -0.337 e. The van der Waals surface area contributed by atoms with Gasteiger partial charge in [0.1, 0.15) is 11.4 Å². The van der Waals surface area contributed by atoms with E-state index in [1.54, 1.807) is 23.7 Å². The van der Waals surface area contributed by atoms with Crippen LogP contribution in [0.15, 0.2) is 59.7 Å². The van der Waals surface area contributed by atoms with E-state index in [2.05, 4.69) is 41.5 Å². The summed E-state index contributed by atoms with van der Waals surface area (Å²) < 4.78 is 16.0. The Balaban J connectivity index is 1.32. The summed E-state index contributed by atoms with van der Waals surface area (Å²) >= 11 is 1.64. The summed E-state index contributed by atoms with van der Waals surface area (Å²) in [5, 5.41) is 11.8. The van der Waals surface area contributed by atoms with Gasteiger partial charge in [-0.2, -0.15) is 16.4 Å². The molecule has 0 atom stereocenters. The number of rotatable bonds is 5. The van der Waals surface area contributed by atoms with E-state index >= 15 is 4.39 Å². The number of halogens is 1. The number of pyridine rings is 2. The number of nitrogens with one attached hydrogen (secondary N) is 2. The van der Waals surface area contributed by atoms with E-state index < -0.39 is 5.82 Å². The normalized spacial score (nSPS) is 14.4. The van der Waals surface area contributed by atoms with Gasteiger partial charge in [-0.3, -0.25) is 20.0 Å². The van der Waals surface area contributed by atoms with Crippen LogP contribution in [-0.4, -0.2) is 48.1 Å². The average Bonchev–Trinajstić information content (AvgIpc) is 3.70. The van der Waals surface area contributed by atoms with Crippen LogP contribution in [0.2, 0.25) is 0 Å². The Morgan fingerprint density at radius 1 is 1.00 bits per heavy atom. The number of para-hydroxylation sites is 1. The molecule has 2 N–H and O–H groups in total. The number of aromatic nitrogens is 6. The number of fused-ring (bicyclic) bond motifs is 2. The molecule has 6 heterocycles. The topological polar surface area (TPSA) is 86.4 Å². The van der Waals surface area contributed by atoms with Crippen LogP contribution < -0.4 is 0 Å². The van der Waals surface area contributed by atoms with Crippen molar-refractivity contribution < 1.29 is 4.39 Å². The minimum atomic E-state index is -0.435. The van der Waals surface area contributed by atoms with Gasteiger partial charge in [0.05, 0.1) is 28.1 Å². The second-order valence-electron chi connectivity index (χ2n) is 9.15. The largest absolute Gasteiger partial charge is 0.337 e. The molecule has 0 amide bonds. The highest BCUT2D eigenvalue weighted by molar-refractivity contribution is 7.08. The molecular weight excluding hydrogens is 473 g/mol. The third-order valence-electron chi connectivity index (χ3n) is 6.79. The monoisotopic (exact) mass is 495 g/mol. The number of likely N-dealkylation sites (tertiary alicyclic amines) is 1. The zero-order valence-electron chi connectivity index (χ0n) is 19.3. The Morgan fingerprint density at radius 2 is 1.92 bits per heavy atom. The van der Waals surface area contributed by atoms with Crippen LogP contribution >= 0.6 is 11.3 Å². The maximum atomic E-state index is 16.0. The van der Waals surface area contributed by atoms with Gasteiger partial charge in [0.2, 0.25) is 0 Å². The van der Waals surface area contributed by atoms with Crippen molar-refractivity contribution in [2.24, 2.45) is 0 Å². The number of nitrogens with zero attached hydrogens (tertiary/aromatic N) is 5. The molecule has 0 aliphatic carbocycles. The Labute approximate surface area is 210 Å². The molecular formula is C27H22FN7S. The van der Waals surface area contributed by atoms with Gasteiger partial charge in [-0.15, -0.1) is 0 Å². The SMILES string of the molecule is Fc1c(-c2cncc(CN3CCCC3)c2)ncc2[nH]nc(-c3nc4c(-c5ccsc5)cccc4[nH]3)c12. The van der Waals surface area contributed by atoms with Crippen LogP contribution in [-0.2, 0) is 6.54 Å². The first-order valence-electron chi connectivity index (χ1n) is 12.0. The standard InChI is InChI=1S/C27H22FN7S/c28-23-22-21(13-30-24(23)18-10-16(11-29-12-18)14-35-7-1-2-8-35)33-34-26(22)27-31-20-5-3-4-19(25(20)32-27)17-6-9-36-15-17/h3-6,9-13,15H,1-2,7-8,14H2,(H,31,32)(H,33,34). The van der Waals surface area contributed by atoms with Crippen LogP contribution in [0.4, 0.5) is 4.39 Å². The number of hydrogen-bond donors (Lipinski definition) is 2. The molecule has 7 nitrogen and oxygen atoms in total. The van der Waals surface area contributed by atoms with Crippen molar-refractivity contribution in [3.63, 3.8) is 0 Å². The summed E-state index contributed by atoms with van der Waals surface area (Å²) in [5.41, 5.74) is 6.76. The molecule has 7 rings (SSSR count). The molecule has 1 aliphatic heterocycles. The number of hydrogen-bond acceptors (Lipinski definition) is 6. The smallest absolute Gasteiger partial charge is 0.161 e. The fourth-order valence-electron chi connectivity index (χ4n) is 5.05. The molecule has 178 valence electrons. The molecule has 36 heavy (non-hydrogen) atoms. The molecule has 1 fully saturated rings. The van der Waals surface area contributed by atoms with E-state index in [0.29, 0.717) is 28.0 Å². The van der Waals surface area contributed by atoms with Gasteiger partial charge < -0.3 is 4.98 Å². The second kappa shape index (κ2) is 8.61. The molecule has 0 spiro atoms. The Morgan fingerprint density at radius 3 is 2.78 bits per heavy atom. The predicted molar refractivity (Wildman–Crippen MR) is 140 cm³/mol. The fourth-order valence-corrected chi connectivity index (χ4v) is 5.70. The van der Waals surface area contributed by atoms with Crippen LogP contribution in [0.3, 0.4) is 0 Å². The second-order valence-corrected chi connectivity index (χ2v) is 9.93. The number of benzene rings is 1. The predicted octanol–water partition coefficient (Wildman–Crippen LogP) is 6.03. The third kappa shape index (κ3) is 3.59. The lowest BCUT2D eigenvalue weighted by atomic mass is 10.1. The highest BCUT2D eigenvalue weighted by atomic mass is 32.1. The first kappa shape index (κ1) is 21.3. The summed E-state index contributed by atoms with van der Waals surface area (Å²) in [6.45, 7) is 2.99. The number of aromatic amines is 2. The van der Waals surface area contributed by atoms with E-state index in [-0.39, 0.29) is 5.69 Å². The van der Waals surface area contributed by atoms with Crippen LogP contribution in [0, 0.1) is 5.82 Å². The molecule has 1 saturated heterocycles. The summed E-state index contributed by atoms with van der Waals surface area (Å²) in [6, 6.07) is 10.1. The van der Waals surface area contributed by atoms with Gasteiger partial charge in [-0.25, -0.2) is 9.37 Å². The van der Waals surface area contributed by atoms with Gasteiger partial charge in [-0.05, 0) is 66.0 Å². The lowest BCUT2D eigenvalue weighted by Gasteiger charge is -2.14. The number of thiophene rings is 1. The van der Waals surface area contributed by atoms with Crippen molar-refractivity contribution in [2.75, 3.05) is 13.1 Å². The van der Waals surface area contributed by atoms with E-state index in [0.717, 1.165) is 47.4 Å². The minimum absolute atomic E-state index is 0.260. The molecule has 0 saturated carbocycles. The summed E-state index contributed by atoms with van der Waals surface area (Å²) in [6.07, 6.45) is 7.58. The van der Waals surface area contributed by atoms with Crippen molar-refractivity contribution in [1.82, 2.24) is 35.0 Å². The molecule has 5 aromatic heterocycles. The van der Waals surface area contributed by atoms with Crippen molar-refractivity contribution in [3.05, 3.63) is 71.1 Å². The fraction of sp³-hybridized carbons (Fsp3) is 0.185. The van der Waals surface area contributed by atoms with Crippen LogP contribution in [0.1, 0.15) is 18.4 Å². The van der Waals surface area contributed by atoms with Crippen LogP contribution in [0.5, 0.6) is 0 Å². The maximum Gasteiger partial charge on any atom is 0.161 e. The Hall–Kier alpha value is -3.95. The highest BCUT2D eigenvalue weighted by Crippen LogP contribution is 2.35. The van der Waals surface area contributed by atoms with E-state index in [4.69, 9.17) is 4.98 Å². The summed E-state index contributed by atoms with van der Waals surface area (Å²) in [5.74, 6) is 0.0748. The first-order chi connectivity index (χ1) is 17.7. The zero-order chi connectivity index (χ0) is 24.1. The summed E-state index contributed by atoms with van der Waals surface area (Å²) in [4.78, 5) is 19.4. The Bertz CT molecular complexity index is 1700. The zero-order valence-corrected chi connectivity index (χ0v) is 20.1. The molecule has 1 aliphatic rings. The van der Waals surface area contributed by atoms with Crippen molar-refractivity contribution in [2.45, 2.75) is 19.4 Å². The molecule has 0 unspecified atom stereocenters. The van der Waals surface area contributed by atoms with Gasteiger partial charge in [0, 0.05) is 30.1 Å². The highest BCUT2D eigenvalue weighted by Gasteiger charge is 2.21. The van der Waals surface area contributed by atoms with E-state index in [1.807, 2.05) is 35.8 Å². The number of imidazole rings is 1. The quantitative estimate of drug-likeness (QED) is 0.305. The van der Waals surface area contributed by atoms with Gasteiger partial charge in [-0.1, -0.05) is 12.1 Å². The lowest BCUT2D eigenvalue weighted by molar-refractivity contribution is 0.331. The van der Waals surface area contributed by atoms with Gasteiger partial charge >= 0.3 is 0 Å². The molecule has 1 aromatic carbocycles. The number of H-pyrrole nitrogens is 2. The van der Waals surface area contributed by atoms with E-state index in [1.165, 1.54) is 12.8 Å². The van der Waals surface area contributed by atoms with Crippen molar-refractivity contribution in [3.8, 4) is 33.9 Å². The van der Waals surface area contributed by atoms with Crippen LogP contribution in [0.25, 0.3) is 55.8 Å².